The molecule has 6 heteroatoms. The molecule has 0 radical (unpaired) electrons. The van der Waals surface area contributed by atoms with E-state index in [4.69, 9.17) is 10.2 Å². The van der Waals surface area contributed by atoms with E-state index in [1.165, 1.54) is 6.07 Å². The first-order valence-electron chi connectivity index (χ1n) is 5.16. The van der Waals surface area contributed by atoms with Crippen LogP contribution in [-0.4, -0.2) is 16.7 Å². The van der Waals surface area contributed by atoms with Gasteiger partial charge in [-0.2, -0.15) is 0 Å². The number of benzene rings is 1. The van der Waals surface area contributed by atoms with Crippen molar-refractivity contribution < 1.29 is 8.81 Å². The molecule has 17 heavy (non-hydrogen) atoms. The van der Waals surface area contributed by atoms with Gasteiger partial charge < -0.3 is 10.2 Å². The molecule has 0 unspecified atom stereocenters. The summed E-state index contributed by atoms with van der Waals surface area (Å²) in [6.45, 7) is 2.17. The molecular formula is C11H12FN3OS. The van der Waals surface area contributed by atoms with Gasteiger partial charge in [-0.25, -0.2) is 4.39 Å². The molecule has 4 nitrogen and oxygen atoms in total. The van der Waals surface area contributed by atoms with Crippen molar-refractivity contribution in [3.8, 4) is 0 Å². The Bertz CT molecular complexity index is 515. The van der Waals surface area contributed by atoms with Crippen LogP contribution in [0.3, 0.4) is 0 Å². The smallest absolute Gasteiger partial charge is 0.281 e. The second-order valence-corrected chi connectivity index (χ2v) is 4.42. The summed E-state index contributed by atoms with van der Waals surface area (Å²) in [5.41, 5.74) is 6.35. The van der Waals surface area contributed by atoms with E-state index in [2.05, 4.69) is 10.2 Å². The number of aromatic nitrogens is 2. The van der Waals surface area contributed by atoms with E-state index < -0.39 is 0 Å². The highest BCUT2D eigenvalue weighted by Crippen LogP contribution is 2.31. The standard InChI is InChI=1S/C11H12FN3OS/c1-7-14-15-11(16-7)17-10-8(5-6-13)3-2-4-9(10)12/h2-4H,5-6,13H2,1H3. The first-order valence-corrected chi connectivity index (χ1v) is 5.98. The SMILES string of the molecule is Cc1nnc(Sc2c(F)cccc2CCN)o1. The molecule has 2 N–H and O–H groups in total. The van der Waals surface area contributed by atoms with Crippen molar-refractivity contribution in [2.45, 2.75) is 23.5 Å². The Labute approximate surface area is 102 Å². The summed E-state index contributed by atoms with van der Waals surface area (Å²) in [5, 5.41) is 7.87. The molecule has 0 spiro atoms. The van der Waals surface area contributed by atoms with Crippen molar-refractivity contribution in [1.29, 1.82) is 0 Å². The molecule has 0 aliphatic heterocycles. The van der Waals surface area contributed by atoms with Gasteiger partial charge in [0.2, 0.25) is 5.89 Å². The quantitative estimate of drug-likeness (QED) is 0.904. The minimum Gasteiger partial charge on any atom is -0.416 e. The molecule has 2 rings (SSSR count). The zero-order valence-corrected chi connectivity index (χ0v) is 10.1. The third-order valence-corrected chi connectivity index (χ3v) is 3.16. The Kier molecular flexibility index (Phi) is 3.75. The lowest BCUT2D eigenvalue weighted by molar-refractivity contribution is 0.428. The van der Waals surface area contributed by atoms with E-state index in [1.807, 2.05) is 6.07 Å². The zero-order valence-electron chi connectivity index (χ0n) is 9.31. The predicted molar refractivity (Wildman–Crippen MR) is 62.3 cm³/mol. The highest BCUT2D eigenvalue weighted by atomic mass is 32.2. The van der Waals surface area contributed by atoms with Crippen molar-refractivity contribution in [3.05, 3.63) is 35.5 Å². The fourth-order valence-corrected chi connectivity index (χ4v) is 2.31. The van der Waals surface area contributed by atoms with E-state index >= 15 is 0 Å². The summed E-state index contributed by atoms with van der Waals surface area (Å²) in [4.78, 5) is 0.501. The number of hydrogen-bond donors (Lipinski definition) is 1. The molecule has 1 heterocycles. The maximum atomic E-state index is 13.7. The Morgan fingerprint density at radius 3 is 2.88 bits per heavy atom. The number of nitrogens with two attached hydrogens (primary N) is 1. The van der Waals surface area contributed by atoms with Crippen molar-refractivity contribution in [2.24, 2.45) is 5.73 Å². The highest BCUT2D eigenvalue weighted by molar-refractivity contribution is 7.99. The van der Waals surface area contributed by atoms with Crippen LogP contribution in [0, 0.1) is 12.7 Å². The van der Waals surface area contributed by atoms with Crippen molar-refractivity contribution in [3.63, 3.8) is 0 Å². The molecule has 0 aliphatic carbocycles. The van der Waals surface area contributed by atoms with E-state index in [1.54, 1.807) is 13.0 Å². The van der Waals surface area contributed by atoms with Crippen LogP contribution in [0.2, 0.25) is 0 Å². The van der Waals surface area contributed by atoms with Gasteiger partial charge in [0.15, 0.2) is 0 Å². The van der Waals surface area contributed by atoms with Crippen LogP contribution in [-0.2, 0) is 6.42 Å². The van der Waals surface area contributed by atoms with Gasteiger partial charge in [0.1, 0.15) is 5.82 Å². The van der Waals surface area contributed by atoms with E-state index in [0.29, 0.717) is 29.0 Å². The Morgan fingerprint density at radius 1 is 1.41 bits per heavy atom. The molecule has 0 fully saturated rings. The molecule has 0 saturated heterocycles. The van der Waals surface area contributed by atoms with Crippen LogP contribution < -0.4 is 5.73 Å². The first-order chi connectivity index (χ1) is 8.20. The van der Waals surface area contributed by atoms with Gasteiger partial charge in [-0.3, -0.25) is 0 Å². The lowest BCUT2D eigenvalue weighted by Crippen LogP contribution is -2.04. The van der Waals surface area contributed by atoms with Crippen LogP contribution in [0.4, 0.5) is 4.39 Å². The minimum atomic E-state index is -0.295. The Hall–Kier alpha value is -1.40. The number of halogens is 1. The summed E-state index contributed by atoms with van der Waals surface area (Å²) in [6.07, 6.45) is 0.618. The fourth-order valence-electron chi connectivity index (χ4n) is 1.43. The molecule has 0 atom stereocenters. The summed E-state index contributed by atoms with van der Waals surface area (Å²) in [6, 6.07) is 4.93. The lowest BCUT2D eigenvalue weighted by Gasteiger charge is -2.06. The molecular weight excluding hydrogens is 241 g/mol. The molecule has 1 aromatic carbocycles. The van der Waals surface area contributed by atoms with Crippen molar-refractivity contribution >= 4 is 11.8 Å². The topological polar surface area (TPSA) is 64.9 Å². The average Bonchev–Trinajstić information content (AvgIpc) is 2.70. The van der Waals surface area contributed by atoms with Gasteiger partial charge in [0.25, 0.3) is 5.22 Å². The number of aryl methyl sites for hydroxylation is 1. The number of nitrogens with zero attached hydrogens (tertiary/aromatic N) is 2. The van der Waals surface area contributed by atoms with Crippen LogP contribution in [0.5, 0.6) is 0 Å². The summed E-state index contributed by atoms with van der Waals surface area (Å²) in [7, 11) is 0. The maximum Gasteiger partial charge on any atom is 0.281 e. The number of rotatable bonds is 4. The maximum absolute atomic E-state index is 13.7. The summed E-state index contributed by atoms with van der Waals surface area (Å²) < 4.78 is 18.9. The second-order valence-electron chi connectivity index (χ2n) is 3.46. The molecule has 90 valence electrons. The van der Waals surface area contributed by atoms with Crippen LogP contribution >= 0.6 is 11.8 Å². The van der Waals surface area contributed by atoms with Gasteiger partial charge in [0.05, 0.1) is 4.90 Å². The molecule has 0 saturated carbocycles. The van der Waals surface area contributed by atoms with Gasteiger partial charge in [-0.1, -0.05) is 12.1 Å². The van der Waals surface area contributed by atoms with Crippen LogP contribution in [0.25, 0.3) is 0 Å². The van der Waals surface area contributed by atoms with Crippen molar-refractivity contribution in [2.75, 3.05) is 6.54 Å². The zero-order chi connectivity index (χ0) is 12.3. The minimum absolute atomic E-state index is 0.295. The van der Waals surface area contributed by atoms with Gasteiger partial charge in [-0.15, -0.1) is 10.2 Å². The molecule has 0 amide bonds. The third-order valence-electron chi connectivity index (χ3n) is 2.16. The monoisotopic (exact) mass is 253 g/mol. The Morgan fingerprint density at radius 2 is 2.24 bits per heavy atom. The molecule has 2 aromatic rings. The summed E-state index contributed by atoms with van der Waals surface area (Å²) >= 11 is 1.13. The van der Waals surface area contributed by atoms with Crippen molar-refractivity contribution in [1.82, 2.24) is 10.2 Å². The summed E-state index contributed by atoms with van der Waals surface area (Å²) in [5.74, 6) is 0.168. The van der Waals surface area contributed by atoms with Gasteiger partial charge >= 0.3 is 0 Å². The van der Waals surface area contributed by atoms with Crippen LogP contribution in [0.1, 0.15) is 11.5 Å². The van der Waals surface area contributed by atoms with E-state index in [9.17, 15) is 4.39 Å². The lowest BCUT2D eigenvalue weighted by atomic mass is 10.1. The average molecular weight is 253 g/mol. The first kappa shape index (κ1) is 12.1. The highest BCUT2D eigenvalue weighted by Gasteiger charge is 2.13. The predicted octanol–water partition coefficient (Wildman–Crippen LogP) is 2.17. The fraction of sp³-hybridized carbons (Fsp3) is 0.273. The normalized spacial score (nSPS) is 10.8. The molecule has 0 aliphatic rings. The molecule has 1 aromatic heterocycles. The van der Waals surface area contributed by atoms with E-state index in [0.717, 1.165) is 17.3 Å². The second kappa shape index (κ2) is 5.29. The van der Waals surface area contributed by atoms with E-state index in [-0.39, 0.29) is 5.82 Å². The van der Waals surface area contributed by atoms with Crippen LogP contribution in [0.15, 0.2) is 32.7 Å². The molecule has 0 bridgehead atoms. The largest absolute Gasteiger partial charge is 0.416 e. The third kappa shape index (κ3) is 2.83. The number of hydrogen-bond acceptors (Lipinski definition) is 5. The Balaban J connectivity index is 2.30. The van der Waals surface area contributed by atoms with Gasteiger partial charge in [0, 0.05) is 6.92 Å². The van der Waals surface area contributed by atoms with Gasteiger partial charge in [-0.05, 0) is 36.4 Å².